The summed E-state index contributed by atoms with van der Waals surface area (Å²) in [5.41, 5.74) is 10.5. The largest absolute Gasteiger partial charge is 0.455 e. The van der Waals surface area contributed by atoms with E-state index in [1.54, 1.807) is 0 Å². The summed E-state index contributed by atoms with van der Waals surface area (Å²) in [6.07, 6.45) is 1.82. The Morgan fingerprint density at radius 2 is 1.12 bits per heavy atom. The number of hydrogen-bond acceptors (Lipinski definition) is 5. The quantitative estimate of drug-likeness (QED) is 0.185. The van der Waals surface area contributed by atoms with E-state index < -0.39 is 0 Å². The van der Waals surface area contributed by atoms with Crippen molar-refractivity contribution in [2.45, 2.75) is 0 Å². The normalized spacial score (nSPS) is 11.6. The number of rotatable bonds is 5. The first-order chi connectivity index (χ1) is 24.8. The SMILES string of the molecule is c1ccc(-c2nc(-c3ccc(-c4ccccn4)cc3)cc(-c3ccc(-c4ccc5sc6ccccc6c5c4)c4oc5ccccc5c34)n2)cc1. The second kappa shape index (κ2) is 11.6. The number of thiophene rings is 1. The van der Waals surface area contributed by atoms with Crippen LogP contribution in [0.15, 0.2) is 168 Å². The van der Waals surface area contributed by atoms with Gasteiger partial charge in [0.1, 0.15) is 11.2 Å². The van der Waals surface area contributed by atoms with Crippen LogP contribution in [0.25, 0.3) is 98.4 Å². The first kappa shape index (κ1) is 28.6. The molecule has 0 saturated carbocycles. The number of aromatic nitrogens is 3. The summed E-state index contributed by atoms with van der Waals surface area (Å²) in [7, 11) is 0. The van der Waals surface area contributed by atoms with Crippen LogP contribution in [0, 0.1) is 0 Å². The molecule has 234 valence electrons. The van der Waals surface area contributed by atoms with Gasteiger partial charge >= 0.3 is 0 Å². The summed E-state index contributed by atoms with van der Waals surface area (Å²) in [4.78, 5) is 14.8. The minimum Gasteiger partial charge on any atom is -0.455 e. The van der Waals surface area contributed by atoms with Crippen molar-refractivity contribution < 1.29 is 4.42 Å². The van der Waals surface area contributed by atoms with Crippen molar-refractivity contribution in [2.24, 2.45) is 0 Å². The number of hydrogen-bond donors (Lipinski definition) is 0. The maximum absolute atomic E-state index is 6.72. The van der Waals surface area contributed by atoms with Gasteiger partial charge < -0.3 is 4.42 Å². The molecule has 0 aliphatic rings. The lowest BCUT2D eigenvalue weighted by atomic mass is 9.95. The molecule has 0 saturated heterocycles. The molecule has 0 N–H and O–H groups in total. The van der Waals surface area contributed by atoms with Crippen molar-refractivity contribution in [3.63, 3.8) is 0 Å². The molecule has 5 heteroatoms. The average molecular weight is 658 g/mol. The van der Waals surface area contributed by atoms with Crippen molar-refractivity contribution in [2.75, 3.05) is 0 Å². The monoisotopic (exact) mass is 657 g/mol. The highest BCUT2D eigenvalue weighted by atomic mass is 32.1. The van der Waals surface area contributed by atoms with Gasteiger partial charge in [0.2, 0.25) is 0 Å². The van der Waals surface area contributed by atoms with E-state index in [9.17, 15) is 0 Å². The molecule has 0 radical (unpaired) electrons. The highest BCUT2D eigenvalue weighted by Crippen LogP contribution is 2.44. The van der Waals surface area contributed by atoms with E-state index in [0.29, 0.717) is 5.82 Å². The molecule has 0 bridgehead atoms. The van der Waals surface area contributed by atoms with Crippen LogP contribution in [0.2, 0.25) is 0 Å². The molecule has 4 heterocycles. The van der Waals surface area contributed by atoms with Crippen LogP contribution < -0.4 is 0 Å². The lowest BCUT2D eigenvalue weighted by Gasteiger charge is -2.12. The lowest BCUT2D eigenvalue weighted by molar-refractivity contribution is 0.670. The van der Waals surface area contributed by atoms with Gasteiger partial charge in [0.05, 0.1) is 17.1 Å². The Bertz CT molecular complexity index is 2860. The molecule has 0 fully saturated rings. The summed E-state index contributed by atoms with van der Waals surface area (Å²) >= 11 is 1.83. The van der Waals surface area contributed by atoms with E-state index >= 15 is 0 Å². The Hall–Kier alpha value is -6.43. The highest BCUT2D eigenvalue weighted by molar-refractivity contribution is 7.25. The van der Waals surface area contributed by atoms with Crippen molar-refractivity contribution in [3.05, 3.63) is 164 Å². The molecule has 0 unspecified atom stereocenters. The fraction of sp³-hybridized carbons (Fsp3) is 0. The highest BCUT2D eigenvalue weighted by Gasteiger charge is 2.20. The molecule has 50 heavy (non-hydrogen) atoms. The molecule has 10 aromatic rings. The summed E-state index contributed by atoms with van der Waals surface area (Å²) in [6.45, 7) is 0. The first-order valence-corrected chi connectivity index (χ1v) is 17.4. The topological polar surface area (TPSA) is 51.8 Å². The molecular formula is C45H27N3OS. The van der Waals surface area contributed by atoms with E-state index in [-0.39, 0.29) is 0 Å². The molecule has 0 amide bonds. The van der Waals surface area contributed by atoms with Crippen molar-refractivity contribution in [1.29, 1.82) is 0 Å². The predicted octanol–water partition coefficient (Wildman–Crippen LogP) is 12.5. The van der Waals surface area contributed by atoms with E-state index in [2.05, 4.69) is 114 Å². The van der Waals surface area contributed by atoms with Crippen LogP contribution in [0.3, 0.4) is 0 Å². The smallest absolute Gasteiger partial charge is 0.160 e. The Balaban J connectivity index is 1.18. The number of nitrogens with zero attached hydrogens (tertiary/aromatic N) is 3. The molecule has 0 aliphatic heterocycles. The van der Waals surface area contributed by atoms with Crippen LogP contribution in [-0.4, -0.2) is 15.0 Å². The molecule has 4 aromatic heterocycles. The number of fused-ring (bicyclic) bond motifs is 6. The van der Waals surface area contributed by atoms with Gasteiger partial charge in [0.15, 0.2) is 5.82 Å². The summed E-state index contributed by atoms with van der Waals surface area (Å²) in [5, 5.41) is 4.64. The minimum absolute atomic E-state index is 0.673. The molecule has 0 atom stereocenters. The van der Waals surface area contributed by atoms with Crippen LogP contribution in [-0.2, 0) is 0 Å². The zero-order chi connectivity index (χ0) is 33.0. The summed E-state index contributed by atoms with van der Waals surface area (Å²) < 4.78 is 9.29. The number of benzene rings is 6. The molecule has 0 aliphatic carbocycles. The van der Waals surface area contributed by atoms with E-state index in [4.69, 9.17) is 14.4 Å². The number of furan rings is 1. The van der Waals surface area contributed by atoms with E-state index in [1.807, 2.05) is 66.1 Å². The van der Waals surface area contributed by atoms with Crippen LogP contribution >= 0.6 is 11.3 Å². The lowest BCUT2D eigenvalue weighted by Crippen LogP contribution is -1.96. The van der Waals surface area contributed by atoms with Gasteiger partial charge in [0, 0.05) is 65.0 Å². The minimum atomic E-state index is 0.673. The third-order valence-electron chi connectivity index (χ3n) is 9.39. The maximum atomic E-state index is 6.72. The zero-order valence-corrected chi connectivity index (χ0v) is 27.6. The molecule has 6 aromatic carbocycles. The Morgan fingerprint density at radius 1 is 0.440 bits per heavy atom. The van der Waals surface area contributed by atoms with Gasteiger partial charge in [-0.3, -0.25) is 4.98 Å². The second-order valence-corrected chi connectivity index (χ2v) is 13.5. The van der Waals surface area contributed by atoms with Crippen molar-refractivity contribution in [1.82, 2.24) is 15.0 Å². The standard InChI is InChI=1S/C45H27N3OS/c1-2-10-30(11-3-1)45-47-38(29-19-17-28(18-20-29)37-14-8-9-25-46-37)27-39(48-45)34-23-22-32(44-43(34)35-13-4-6-15-40(35)49-44)31-21-24-42-36(26-31)33-12-5-7-16-41(33)50-42/h1-27H. The van der Waals surface area contributed by atoms with Crippen molar-refractivity contribution >= 4 is 53.4 Å². The van der Waals surface area contributed by atoms with Gasteiger partial charge in [-0.25, -0.2) is 9.97 Å². The van der Waals surface area contributed by atoms with Crippen molar-refractivity contribution in [3.8, 4) is 56.3 Å². The molecular weight excluding hydrogens is 631 g/mol. The zero-order valence-electron chi connectivity index (χ0n) is 26.7. The number of pyridine rings is 1. The van der Waals surface area contributed by atoms with Crippen LogP contribution in [0.1, 0.15) is 0 Å². The van der Waals surface area contributed by atoms with Crippen LogP contribution in [0.4, 0.5) is 0 Å². The second-order valence-electron chi connectivity index (χ2n) is 12.4. The molecule has 0 spiro atoms. The fourth-order valence-electron chi connectivity index (χ4n) is 6.96. The van der Waals surface area contributed by atoms with Gasteiger partial charge in [-0.2, -0.15) is 0 Å². The Kier molecular flexibility index (Phi) is 6.64. The Morgan fingerprint density at radius 3 is 1.96 bits per heavy atom. The maximum Gasteiger partial charge on any atom is 0.160 e. The van der Waals surface area contributed by atoms with Gasteiger partial charge in [-0.1, -0.05) is 109 Å². The Labute approximate surface area is 292 Å². The fourth-order valence-corrected chi connectivity index (χ4v) is 8.04. The number of para-hydroxylation sites is 1. The molecule has 10 rings (SSSR count). The first-order valence-electron chi connectivity index (χ1n) is 16.6. The third kappa shape index (κ3) is 4.79. The van der Waals surface area contributed by atoms with E-state index in [1.165, 1.54) is 20.2 Å². The summed E-state index contributed by atoms with van der Waals surface area (Å²) in [6, 6.07) is 54.7. The summed E-state index contributed by atoms with van der Waals surface area (Å²) in [5.74, 6) is 0.673. The van der Waals surface area contributed by atoms with Gasteiger partial charge in [0.25, 0.3) is 0 Å². The van der Waals surface area contributed by atoms with E-state index in [0.717, 1.165) is 72.4 Å². The predicted molar refractivity (Wildman–Crippen MR) is 207 cm³/mol. The average Bonchev–Trinajstić information content (AvgIpc) is 3.77. The van der Waals surface area contributed by atoms with Gasteiger partial charge in [-0.05, 0) is 54.1 Å². The third-order valence-corrected chi connectivity index (χ3v) is 10.5. The molecule has 4 nitrogen and oxygen atoms in total. The van der Waals surface area contributed by atoms with Gasteiger partial charge in [-0.15, -0.1) is 11.3 Å². The van der Waals surface area contributed by atoms with Crippen LogP contribution in [0.5, 0.6) is 0 Å².